The average Bonchev–Trinajstić information content (AvgIpc) is 2.06. The Labute approximate surface area is 95.3 Å². The molecule has 1 saturated carbocycles. The lowest BCUT2D eigenvalue weighted by Crippen LogP contribution is -2.33. The summed E-state index contributed by atoms with van der Waals surface area (Å²) in [5.74, 6) is 0.899. The van der Waals surface area contributed by atoms with Gasteiger partial charge in [0.2, 0.25) is 0 Å². The molecule has 0 aromatic heterocycles. The number of hydrogen-bond donors (Lipinski definition) is 0. The number of rotatable bonds is 2. The first-order chi connectivity index (χ1) is 6.65. The maximum absolute atomic E-state index is 10.7. The van der Waals surface area contributed by atoms with Gasteiger partial charge in [-0.1, -0.05) is 27.5 Å². The van der Waals surface area contributed by atoms with Crippen LogP contribution in [0.2, 0.25) is 5.02 Å². The number of ether oxygens (including phenoxy) is 1. The Kier molecular flexibility index (Phi) is 2.79. The molecule has 0 atom stereocenters. The largest absolute Gasteiger partial charge is 0.488 e. The Morgan fingerprint density at radius 3 is 2.71 bits per heavy atom. The zero-order chi connectivity index (χ0) is 10.1. The van der Waals surface area contributed by atoms with E-state index in [4.69, 9.17) is 16.3 Å². The molecule has 0 radical (unpaired) electrons. The third-order valence-corrected chi connectivity index (χ3v) is 2.89. The molecule has 14 heavy (non-hydrogen) atoms. The van der Waals surface area contributed by atoms with E-state index in [1.165, 1.54) is 0 Å². The lowest BCUT2D eigenvalue weighted by atomic mass is 9.94. The quantitative estimate of drug-likeness (QED) is 0.828. The maximum atomic E-state index is 10.7. The lowest BCUT2D eigenvalue weighted by Gasteiger charge is -2.25. The van der Waals surface area contributed by atoms with Gasteiger partial charge in [0.15, 0.2) is 0 Å². The summed E-state index contributed by atoms with van der Waals surface area (Å²) in [7, 11) is 0. The van der Waals surface area contributed by atoms with E-state index in [0.29, 0.717) is 23.6 Å². The fourth-order valence-electron chi connectivity index (χ4n) is 1.28. The van der Waals surface area contributed by atoms with Crippen LogP contribution in [-0.2, 0) is 4.79 Å². The van der Waals surface area contributed by atoms with Crippen LogP contribution in [0.15, 0.2) is 22.7 Å². The molecule has 1 fully saturated rings. The van der Waals surface area contributed by atoms with E-state index < -0.39 is 0 Å². The minimum Gasteiger partial charge on any atom is -0.488 e. The minimum absolute atomic E-state index is 0.0150. The van der Waals surface area contributed by atoms with Crippen molar-refractivity contribution in [2.24, 2.45) is 0 Å². The Balaban J connectivity index is 2.06. The standard InChI is InChI=1S/C10H8BrClO2/c11-6-1-2-10(9(12)3-6)14-8-4-7(13)5-8/h1-3,8H,4-5H2. The monoisotopic (exact) mass is 274 g/mol. The topological polar surface area (TPSA) is 26.3 Å². The third-order valence-electron chi connectivity index (χ3n) is 2.10. The summed E-state index contributed by atoms with van der Waals surface area (Å²) in [6.07, 6.45) is 1.03. The van der Waals surface area contributed by atoms with Gasteiger partial charge in [0.1, 0.15) is 17.6 Å². The minimum atomic E-state index is 0.0150. The highest BCUT2D eigenvalue weighted by molar-refractivity contribution is 9.10. The molecule has 1 aliphatic carbocycles. The van der Waals surface area contributed by atoms with Crippen molar-refractivity contribution < 1.29 is 9.53 Å². The number of Topliss-reactive ketones (excluding diaryl/α,β-unsaturated/α-hetero) is 1. The summed E-state index contributed by atoms with van der Waals surface area (Å²) >= 11 is 9.26. The Bertz CT molecular complexity index is 370. The molecule has 4 heteroatoms. The molecule has 0 saturated heterocycles. The third kappa shape index (κ3) is 2.10. The predicted molar refractivity (Wildman–Crippen MR) is 57.8 cm³/mol. The molecule has 0 unspecified atom stereocenters. The van der Waals surface area contributed by atoms with Gasteiger partial charge in [-0.15, -0.1) is 0 Å². The molecule has 1 aliphatic rings. The smallest absolute Gasteiger partial charge is 0.140 e. The second-order valence-corrected chi connectivity index (χ2v) is 4.58. The molecule has 0 heterocycles. The van der Waals surface area contributed by atoms with Gasteiger partial charge in [-0.2, -0.15) is 0 Å². The fraction of sp³-hybridized carbons (Fsp3) is 0.300. The zero-order valence-corrected chi connectivity index (χ0v) is 9.64. The van der Waals surface area contributed by atoms with Crippen LogP contribution in [0, 0.1) is 0 Å². The number of hydrogen-bond acceptors (Lipinski definition) is 2. The van der Waals surface area contributed by atoms with Crippen molar-refractivity contribution in [2.75, 3.05) is 0 Å². The number of carbonyl (C=O) groups is 1. The van der Waals surface area contributed by atoms with Gasteiger partial charge < -0.3 is 4.74 Å². The van der Waals surface area contributed by atoms with Crippen molar-refractivity contribution in [3.05, 3.63) is 27.7 Å². The number of carbonyl (C=O) groups excluding carboxylic acids is 1. The summed E-state index contributed by atoms with van der Waals surface area (Å²) in [6, 6.07) is 5.44. The van der Waals surface area contributed by atoms with Crippen molar-refractivity contribution >= 4 is 33.3 Å². The Morgan fingerprint density at radius 2 is 2.14 bits per heavy atom. The average molecular weight is 276 g/mol. The first kappa shape index (κ1) is 9.99. The van der Waals surface area contributed by atoms with Crippen molar-refractivity contribution in [3.8, 4) is 5.75 Å². The van der Waals surface area contributed by atoms with Gasteiger partial charge in [-0.05, 0) is 18.2 Å². The summed E-state index contributed by atoms with van der Waals surface area (Å²) < 4.78 is 6.45. The van der Waals surface area contributed by atoms with Crippen LogP contribution in [0.3, 0.4) is 0 Å². The van der Waals surface area contributed by atoms with E-state index in [9.17, 15) is 4.79 Å². The highest BCUT2D eigenvalue weighted by atomic mass is 79.9. The van der Waals surface area contributed by atoms with Crippen LogP contribution >= 0.6 is 27.5 Å². The van der Waals surface area contributed by atoms with Crippen LogP contribution in [0.4, 0.5) is 0 Å². The van der Waals surface area contributed by atoms with Gasteiger partial charge in [0.05, 0.1) is 5.02 Å². The summed E-state index contributed by atoms with van der Waals surface area (Å²) in [6.45, 7) is 0. The van der Waals surface area contributed by atoms with Crippen molar-refractivity contribution in [3.63, 3.8) is 0 Å². The van der Waals surface area contributed by atoms with E-state index in [2.05, 4.69) is 15.9 Å². The van der Waals surface area contributed by atoms with E-state index in [0.717, 1.165) is 4.47 Å². The lowest BCUT2D eigenvalue weighted by molar-refractivity contribution is -0.129. The summed E-state index contributed by atoms with van der Waals surface area (Å²) in [5.41, 5.74) is 0. The van der Waals surface area contributed by atoms with E-state index in [1.54, 1.807) is 12.1 Å². The Hall–Kier alpha value is -0.540. The van der Waals surface area contributed by atoms with Crippen molar-refractivity contribution in [1.29, 1.82) is 0 Å². The number of halogens is 2. The molecule has 1 aromatic rings. The first-order valence-electron chi connectivity index (χ1n) is 4.28. The van der Waals surface area contributed by atoms with Crippen molar-refractivity contribution in [1.82, 2.24) is 0 Å². The van der Waals surface area contributed by atoms with Gasteiger partial charge in [0, 0.05) is 17.3 Å². The van der Waals surface area contributed by atoms with E-state index in [-0.39, 0.29) is 11.9 Å². The van der Waals surface area contributed by atoms with Gasteiger partial charge in [0.25, 0.3) is 0 Å². The number of benzene rings is 1. The van der Waals surface area contributed by atoms with Gasteiger partial charge in [-0.3, -0.25) is 4.79 Å². The number of ketones is 1. The molecule has 0 bridgehead atoms. The molecule has 0 spiro atoms. The SMILES string of the molecule is O=C1CC(Oc2ccc(Br)cc2Cl)C1. The molecule has 74 valence electrons. The van der Waals surface area contributed by atoms with Gasteiger partial charge >= 0.3 is 0 Å². The van der Waals surface area contributed by atoms with Crippen molar-refractivity contribution in [2.45, 2.75) is 18.9 Å². The predicted octanol–water partition coefficient (Wildman–Crippen LogP) is 3.21. The molecule has 2 rings (SSSR count). The summed E-state index contributed by atoms with van der Waals surface area (Å²) in [5, 5.41) is 0.568. The van der Waals surface area contributed by atoms with Crippen LogP contribution < -0.4 is 4.74 Å². The fourth-order valence-corrected chi connectivity index (χ4v) is 2.00. The van der Waals surface area contributed by atoms with Crippen LogP contribution in [0.1, 0.15) is 12.8 Å². The van der Waals surface area contributed by atoms with Crippen LogP contribution in [-0.4, -0.2) is 11.9 Å². The van der Waals surface area contributed by atoms with Crippen LogP contribution in [0.5, 0.6) is 5.75 Å². The normalized spacial score (nSPS) is 16.6. The molecule has 1 aromatic carbocycles. The molecule has 0 aliphatic heterocycles. The molecule has 0 amide bonds. The summed E-state index contributed by atoms with van der Waals surface area (Å²) in [4.78, 5) is 10.7. The molecule has 0 N–H and O–H groups in total. The molecular weight excluding hydrogens is 267 g/mol. The molecular formula is C10H8BrClO2. The van der Waals surface area contributed by atoms with E-state index in [1.807, 2.05) is 6.07 Å². The second-order valence-electron chi connectivity index (χ2n) is 3.26. The zero-order valence-electron chi connectivity index (χ0n) is 7.30. The van der Waals surface area contributed by atoms with Gasteiger partial charge in [-0.25, -0.2) is 0 Å². The highest BCUT2D eigenvalue weighted by Gasteiger charge is 2.28. The Morgan fingerprint density at radius 1 is 1.43 bits per heavy atom. The second kappa shape index (κ2) is 3.91. The molecule has 2 nitrogen and oxygen atoms in total. The highest BCUT2D eigenvalue weighted by Crippen LogP contribution is 2.31. The maximum Gasteiger partial charge on any atom is 0.140 e. The van der Waals surface area contributed by atoms with Crippen LogP contribution in [0.25, 0.3) is 0 Å². The first-order valence-corrected chi connectivity index (χ1v) is 5.45. The van der Waals surface area contributed by atoms with E-state index >= 15 is 0 Å².